The van der Waals surface area contributed by atoms with Crippen molar-refractivity contribution in [3.8, 4) is 5.75 Å². The van der Waals surface area contributed by atoms with E-state index < -0.39 is 0 Å². The fourth-order valence-electron chi connectivity index (χ4n) is 2.40. The highest BCUT2D eigenvalue weighted by Gasteiger charge is 2.17. The average molecular weight is 387 g/mol. The third-order valence-electron chi connectivity index (χ3n) is 3.99. The van der Waals surface area contributed by atoms with Gasteiger partial charge in [-0.2, -0.15) is 0 Å². The molecule has 0 spiro atoms. The van der Waals surface area contributed by atoms with Crippen molar-refractivity contribution in [3.05, 3.63) is 54.1 Å². The lowest BCUT2D eigenvalue weighted by molar-refractivity contribution is -0.115. The maximum absolute atomic E-state index is 12.7. The molecule has 0 radical (unpaired) electrons. The van der Waals surface area contributed by atoms with Gasteiger partial charge in [0, 0.05) is 11.8 Å². The Balaban J connectivity index is 2.07. The second kappa shape index (κ2) is 10.6. The molecule has 0 heterocycles. The Labute approximate surface area is 164 Å². The number of para-hydroxylation sites is 1. The summed E-state index contributed by atoms with van der Waals surface area (Å²) in [5, 5.41) is 5.55. The summed E-state index contributed by atoms with van der Waals surface area (Å²) in [6.45, 7) is 4.01. The van der Waals surface area contributed by atoms with Crippen LogP contribution in [0.1, 0.15) is 37.0 Å². The van der Waals surface area contributed by atoms with Gasteiger partial charge >= 0.3 is 0 Å². The minimum Gasteiger partial charge on any atom is -0.497 e. The van der Waals surface area contributed by atoms with Crippen LogP contribution in [0.25, 0.3) is 0 Å². The highest BCUT2D eigenvalue weighted by Crippen LogP contribution is 2.22. The van der Waals surface area contributed by atoms with Gasteiger partial charge in [0.05, 0.1) is 23.6 Å². The van der Waals surface area contributed by atoms with Crippen molar-refractivity contribution in [1.82, 2.24) is 0 Å². The lowest BCUT2D eigenvalue weighted by Crippen LogP contribution is -2.24. The van der Waals surface area contributed by atoms with Gasteiger partial charge in [-0.15, -0.1) is 11.8 Å². The van der Waals surface area contributed by atoms with E-state index in [9.17, 15) is 9.59 Å². The number of hydrogen-bond acceptors (Lipinski definition) is 4. The van der Waals surface area contributed by atoms with Crippen LogP contribution in [0.2, 0.25) is 0 Å². The summed E-state index contributed by atoms with van der Waals surface area (Å²) in [7, 11) is 1.57. The number of anilines is 2. The zero-order chi connectivity index (χ0) is 19.6. The Morgan fingerprint density at radius 1 is 1.11 bits per heavy atom. The highest BCUT2D eigenvalue weighted by molar-refractivity contribution is 8.00. The quantitative estimate of drug-likeness (QED) is 0.607. The number of ether oxygens (including phenoxy) is 1. The summed E-state index contributed by atoms with van der Waals surface area (Å²) >= 11 is 1.62. The second-order valence-electron chi connectivity index (χ2n) is 6.09. The van der Waals surface area contributed by atoms with E-state index in [0.29, 0.717) is 22.7 Å². The average Bonchev–Trinajstić information content (AvgIpc) is 2.68. The molecule has 27 heavy (non-hydrogen) atoms. The van der Waals surface area contributed by atoms with Crippen LogP contribution in [-0.2, 0) is 4.79 Å². The normalized spacial score (nSPS) is 11.5. The molecular formula is C21H26N2O3S. The molecule has 144 valence electrons. The molecule has 0 aliphatic rings. The molecule has 2 N–H and O–H groups in total. The molecule has 0 aliphatic carbocycles. The van der Waals surface area contributed by atoms with E-state index in [4.69, 9.17) is 4.74 Å². The van der Waals surface area contributed by atoms with Crippen molar-refractivity contribution in [2.45, 2.75) is 31.9 Å². The summed E-state index contributed by atoms with van der Waals surface area (Å²) in [6, 6.07) is 14.1. The van der Waals surface area contributed by atoms with Crippen LogP contribution in [0.3, 0.4) is 0 Å². The Hall–Kier alpha value is -2.47. The molecule has 0 bridgehead atoms. The summed E-state index contributed by atoms with van der Waals surface area (Å²) in [5.74, 6) is 1.22. The second-order valence-corrected chi connectivity index (χ2v) is 7.54. The third kappa shape index (κ3) is 6.32. The molecular weight excluding hydrogens is 360 g/mol. The van der Waals surface area contributed by atoms with Crippen molar-refractivity contribution >= 4 is 35.0 Å². The van der Waals surface area contributed by atoms with E-state index in [2.05, 4.69) is 17.6 Å². The van der Waals surface area contributed by atoms with Gasteiger partial charge in [0.15, 0.2) is 0 Å². The van der Waals surface area contributed by atoms with Gasteiger partial charge in [-0.25, -0.2) is 0 Å². The van der Waals surface area contributed by atoms with E-state index in [-0.39, 0.29) is 17.1 Å². The van der Waals surface area contributed by atoms with Crippen LogP contribution in [0.5, 0.6) is 5.75 Å². The minimum absolute atomic E-state index is 0.0993. The Kier molecular flexibility index (Phi) is 8.20. The number of hydrogen-bond donors (Lipinski definition) is 2. The number of amides is 2. The molecule has 2 aromatic rings. The van der Waals surface area contributed by atoms with Crippen molar-refractivity contribution in [1.29, 1.82) is 0 Å². The zero-order valence-corrected chi connectivity index (χ0v) is 16.8. The van der Waals surface area contributed by atoms with Gasteiger partial charge in [-0.3, -0.25) is 9.59 Å². The van der Waals surface area contributed by atoms with Crippen molar-refractivity contribution in [2.24, 2.45) is 0 Å². The monoisotopic (exact) mass is 386 g/mol. The van der Waals surface area contributed by atoms with Gasteiger partial charge in [0.1, 0.15) is 5.75 Å². The third-order valence-corrected chi connectivity index (χ3v) is 5.23. The SMILES string of the molecule is CCCCSC(C)C(=O)Nc1ccccc1C(=O)Nc1cccc(OC)c1. The Bertz CT molecular complexity index is 780. The van der Waals surface area contributed by atoms with Gasteiger partial charge in [-0.05, 0) is 43.4 Å². The molecule has 1 atom stereocenters. The first-order valence-electron chi connectivity index (χ1n) is 9.02. The smallest absolute Gasteiger partial charge is 0.257 e. The number of methoxy groups -OCH3 is 1. The predicted octanol–water partition coefficient (Wildman–Crippen LogP) is 4.81. The maximum Gasteiger partial charge on any atom is 0.257 e. The number of unbranched alkanes of at least 4 members (excludes halogenated alkanes) is 1. The van der Waals surface area contributed by atoms with Crippen LogP contribution in [0, 0.1) is 0 Å². The van der Waals surface area contributed by atoms with Crippen LogP contribution in [0.15, 0.2) is 48.5 Å². The van der Waals surface area contributed by atoms with E-state index >= 15 is 0 Å². The first kappa shape index (κ1) is 20.8. The van der Waals surface area contributed by atoms with E-state index in [1.165, 1.54) is 0 Å². The predicted molar refractivity (Wildman–Crippen MR) is 113 cm³/mol. The van der Waals surface area contributed by atoms with Gasteiger partial charge in [-0.1, -0.05) is 31.5 Å². The number of thioether (sulfide) groups is 1. The van der Waals surface area contributed by atoms with Crippen molar-refractivity contribution in [3.63, 3.8) is 0 Å². The number of carbonyl (C=O) groups excluding carboxylic acids is 2. The summed E-state index contributed by atoms with van der Waals surface area (Å²) in [5.41, 5.74) is 1.55. The minimum atomic E-state index is -0.287. The van der Waals surface area contributed by atoms with E-state index in [0.717, 1.165) is 18.6 Å². The molecule has 0 aliphatic heterocycles. The molecule has 0 saturated heterocycles. The topological polar surface area (TPSA) is 67.4 Å². The fraction of sp³-hybridized carbons (Fsp3) is 0.333. The molecule has 2 rings (SSSR count). The molecule has 0 fully saturated rings. The first-order chi connectivity index (χ1) is 13.0. The fourth-order valence-corrected chi connectivity index (χ4v) is 3.42. The first-order valence-corrected chi connectivity index (χ1v) is 10.1. The Morgan fingerprint density at radius 2 is 1.89 bits per heavy atom. The number of rotatable bonds is 9. The van der Waals surface area contributed by atoms with Crippen molar-refractivity contribution in [2.75, 3.05) is 23.5 Å². The van der Waals surface area contributed by atoms with Gasteiger partial charge in [0.25, 0.3) is 5.91 Å². The highest BCUT2D eigenvalue weighted by atomic mass is 32.2. The van der Waals surface area contributed by atoms with E-state index in [1.807, 2.05) is 6.92 Å². The number of benzene rings is 2. The number of carbonyl (C=O) groups is 2. The van der Waals surface area contributed by atoms with Crippen LogP contribution in [-0.4, -0.2) is 29.9 Å². The van der Waals surface area contributed by atoms with Crippen molar-refractivity contribution < 1.29 is 14.3 Å². The summed E-state index contributed by atoms with van der Waals surface area (Å²) in [6.07, 6.45) is 2.19. The lowest BCUT2D eigenvalue weighted by Gasteiger charge is -2.15. The Morgan fingerprint density at radius 3 is 2.63 bits per heavy atom. The molecule has 2 aromatic carbocycles. The standard InChI is InChI=1S/C21H26N2O3S/c1-4-5-13-27-15(2)20(24)23-19-12-7-6-11-18(19)21(25)22-16-9-8-10-17(14-16)26-3/h6-12,14-15H,4-5,13H2,1-3H3,(H,22,25)(H,23,24). The molecule has 0 aromatic heterocycles. The lowest BCUT2D eigenvalue weighted by atomic mass is 10.1. The zero-order valence-electron chi connectivity index (χ0n) is 16.0. The van der Waals surface area contributed by atoms with E-state index in [1.54, 1.807) is 67.4 Å². The van der Waals surface area contributed by atoms with Crippen LogP contribution in [0.4, 0.5) is 11.4 Å². The molecule has 6 heteroatoms. The molecule has 5 nitrogen and oxygen atoms in total. The molecule has 2 amide bonds. The summed E-state index contributed by atoms with van der Waals surface area (Å²) in [4.78, 5) is 25.1. The molecule has 1 unspecified atom stereocenters. The van der Waals surface area contributed by atoms with Crippen LogP contribution < -0.4 is 15.4 Å². The molecule has 0 saturated carbocycles. The number of nitrogens with one attached hydrogen (secondary N) is 2. The maximum atomic E-state index is 12.7. The van der Waals surface area contributed by atoms with Gasteiger partial charge < -0.3 is 15.4 Å². The largest absolute Gasteiger partial charge is 0.497 e. The van der Waals surface area contributed by atoms with Crippen LogP contribution >= 0.6 is 11.8 Å². The van der Waals surface area contributed by atoms with Gasteiger partial charge in [0.2, 0.25) is 5.91 Å². The summed E-state index contributed by atoms with van der Waals surface area (Å²) < 4.78 is 5.17.